The molecular formula is C6H10N3OS+. The normalized spacial score (nSPS) is 9.73. The van der Waals surface area contributed by atoms with Gasteiger partial charge in [0.25, 0.3) is 0 Å². The first-order chi connectivity index (χ1) is 5.26. The summed E-state index contributed by atoms with van der Waals surface area (Å²) in [7, 11) is 3.39. The van der Waals surface area contributed by atoms with Crippen LogP contribution < -0.4 is 9.42 Å². The van der Waals surface area contributed by atoms with E-state index in [2.05, 4.69) is 10.1 Å². The fourth-order valence-electron chi connectivity index (χ4n) is 0.654. The molecule has 0 bridgehead atoms. The number of aryl methyl sites for hydroxylation is 1. The topological polar surface area (TPSA) is 38.9 Å². The average molecular weight is 172 g/mol. The third kappa shape index (κ3) is 2.04. The van der Waals surface area contributed by atoms with E-state index in [1.54, 1.807) is 23.6 Å². The molecule has 5 heteroatoms. The highest BCUT2D eigenvalue weighted by atomic mass is 32.2. The van der Waals surface area contributed by atoms with Gasteiger partial charge in [-0.1, -0.05) is 4.68 Å². The van der Waals surface area contributed by atoms with Crippen molar-refractivity contribution in [1.82, 2.24) is 10.1 Å². The fourth-order valence-corrected chi connectivity index (χ4v) is 1.08. The summed E-state index contributed by atoms with van der Waals surface area (Å²) >= 11 is 1.56. The highest BCUT2D eigenvalue weighted by Gasteiger charge is 2.05. The second kappa shape index (κ2) is 3.52. The van der Waals surface area contributed by atoms with E-state index in [1.165, 1.54) is 0 Å². The van der Waals surface area contributed by atoms with E-state index in [1.807, 2.05) is 19.5 Å². The lowest BCUT2D eigenvalue weighted by atomic mass is 10.8. The van der Waals surface area contributed by atoms with Crippen molar-refractivity contribution in [2.24, 2.45) is 7.05 Å². The van der Waals surface area contributed by atoms with Crippen LogP contribution in [0.5, 0.6) is 6.01 Å². The Bertz CT molecular complexity index is 231. The van der Waals surface area contributed by atoms with Crippen molar-refractivity contribution in [2.75, 3.05) is 13.4 Å². The molecular weight excluding hydrogens is 162 g/mol. The van der Waals surface area contributed by atoms with Gasteiger partial charge in [0.2, 0.25) is 6.20 Å². The molecule has 0 aliphatic rings. The summed E-state index contributed by atoms with van der Waals surface area (Å²) in [5, 5.41) is 4.87. The summed E-state index contributed by atoms with van der Waals surface area (Å²) in [6, 6.07) is 0.402. The first kappa shape index (κ1) is 8.26. The largest absolute Gasteiger partial charge is 0.463 e. The molecule has 0 unspecified atom stereocenters. The second-order valence-electron chi connectivity index (χ2n) is 1.94. The zero-order valence-electron chi connectivity index (χ0n) is 6.74. The smallest absolute Gasteiger partial charge is 0.379 e. The van der Waals surface area contributed by atoms with Crippen molar-refractivity contribution in [1.29, 1.82) is 0 Å². The third-order valence-corrected chi connectivity index (χ3v) is 1.75. The van der Waals surface area contributed by atoms with E-state index in [4.69, 9.17) is 4.74 Å². The van der Waals surface area contributed by atoms with Crippen molar-refractivity contribution >= 4 is 11.8 Å². The molecule has 0 aliphatic heterocycles. The minimum atomic E-state index is 0.402. The van der Waals surface area contributed by atoms with Gasteiger partial charge in [-0.2, -0.15) is 4.98 Å². The first-order valence-electron chi connectivity index (χ1n) is 3.09. The van der Waals surface area contributed by atoms with Crippen molar-refractivity contribution in [3.05, 3.63) is 6.20 Å². The fraction of sp³-hybridized carbons (Fsp3) is 0.500. The first-order valence-corrected chi connectivity index (χ1v) is 4.31. The molecule has 0 saturated heterocycles. The standard InChI is InChI=1S/C6H10N3OS/c1-9-4-5(11-3)7-6(8-9)10-2/h4H,1-3H3/q+1. The van der Waals surface area contributed by atoms with Crippen LogP contribution in [0, 0.1) is 0 Å². The van der Waals surface area contributed by atoms with Crippen LogP contribution >= 0.6 is 11.8 Å². The van der Waals surface area contributed by atoms with E-state index in [9.17, 15) is 0 Å². The average Bonchev–Trinajstić information content (AvgIpc) is 2.03. The van der Waals surface area contributed by atoms with Crippen molar-refractivity contribution in [3.63, 3.8) is 0 Å². The van der Waals surface area contributed by atoms with Crippen LogP contribution in [0.1, 0.15) is 0 Å². The zero-order valence-corrected chi connectivity index (χ0v) is 7.55. The molecule has 1 aromatic heterocycles. The molecule has 1 aromatic rings. The van der Waals surface area contributed by atoms with Gasteiger partial charge < -0.3 is 4.74 Å². The van der Waals surface area contributed by atoms with Crippen LogP contribution in [0.3, 0.4) is 0 Å². The SMILES string of the molecule is COc1nc(SC)c[n+](C)n1. The maximum absolute atomic E-state index is 4.88. The number of hydrogen-bond donors (Lipinski definition) is 0. The number of thioether (sulfide) groups is 1. The number of rotatable bonds is 2. The van der Waals surface area contributed by atoms with Gasteiger partial charge >= 0.3 is 6.01 Å². The van der Waals surface area contributed by atoms with Crippen molar-refractivity contribution in [3.8, 4) is 6.01 Å². The molecule has 0 fully saturated rings. The van der Waals surface area contributed by atoms with Gasteiger partial charge in [0.05, 0.1) is 12.2 Å². The monoisotopic (exact) mass is 172 g/mol. The van der Waals surface area contributed by atoms with Crippen LogP contribution in [0.15, 0.2) is 11.2 Å². The highest BCUT2D eigenvalue weighted by molar-refractivity contribution is 7.98. The Morgan fingerprint density at radius 3 is 2.91 bits per heavy atom. The van der Waals surface area contributed by atoms with Crippen LogP contribution in [-0.4, -0.2) is 23.4 Å². The van der Waals surface area contributed by atoms with E-state index in [0.717, 1.165) is 5.03 Å². The van der Waals surface area contributed by atoms with E-state index in [0.29, 0.717) is 6.01 Å². The lowest BCUT2D eigenvalue weighted by Crippen LogP contribution is -2.33. The maximum atomic E-state index is 4.88. The quantitative estimate of drug-likeness (QED) is 0.466. The number of hydrogen-bond acceptors (Lipinski definition) is 4. The Kier molecular flexibility index (Phi) is 2.64. The van der Waals surface area contributed by atoms with Gasteiger partial charge in [-0.25, -0.2) is 0 Å². The summed E-state index contributed by atoms with van der Waals surface area (Å²) < 4.78 is 6.56. The van der Waals surface area contributed by atoms with Gasteiger partial charge in [-0.3, -0.25) is 0 Å². The zero-order chi connectivity index (χ0) is 8.27. The van der Waals surface area contributed by atoms with Crippen LogP contribution in [-0.2, 0) is 7.05 Å². The molecule has 0 saturated carbocycles. The van der Waals surface area contributed by atoms with Gasteiger partial charge in [-0.05, 0) is 6.26 Å². The molecule has 1 rings (SSSR count). The number of nitrogens with zero attached hydrogens (tertiary/aromatic N) is 3. The van der Waals surface area contributed by atoms with Gasteiger partial charge in [0.1, 0.15) is 0 Å². The molecule has 0 N–H and O–H groups in total. The lowest BCUT2D eigenvalue weighted by Gasteiger charge is -1.95. The predicted molar refractivity (Wildman–Crippen MR) is 41.5 cm³/mol. The van der Waals surface area contributed by atoms with Gasteiger partial charge in [0, 0.05) is 0 Å². The van der Waals surface area contributed by atoms with E-state index < -0.39 is 0 Å². The summed E-state index contributed by atoms with van der Waals surface area (Å²) in [5.74, 6) is 0. The Morgan fingerprint density at radius 1 is 1.64 bits per heavy atom. The molecule has 0 radical (unpaired) electrons. The Morgan fingerprint density at radius 2 is 2.36 bits per heavy atom. The highest BCUT2D eigenvalue weighted by Crippen LogP contribution is 2.09. The molecule has 0 spiro atoms. The third-order valence-electron chi connectivity index (χ3n) is 1.14. The van der Waals surface area contributed by atoms with Gasteiger partial charge in [-0.15, -0.1) is 11.8 Å². The molecule has 60 valence electrons. The molecule has 0 atom stereocenters. The van der Waals surface area contributed by atoms with Crippen LogP contribution in [0.2, 0.25) is 0 Å². The number of ether oxygens (including phenoxy) is 1. The van der Waals surface area contributed by atoms with Crippen molar-refractivity contribution in [2.45, 2.75) is 5.03 Å². The molecule has 0 amide bonds. The molecule has 1 heterocycles. The number of aromatic nitrogens is 3. The maximum Gasteiger partial charge on any atom is 0.379 e. The Labute approximate surface area is 69.6 Å². The minimum Gasteiger partial charge on any atom is -0.463 e. The van der Waals surface area contributed by atoms with Gasteiger partial charge in [0.15, 0.2) is 12.1 Å². The van der Waals surface area contributed by atoms with Crippen LogP contribution in [0.25, 0.3) is 0 Å². The number of methoxy groups -OCH3 is 1. The lowest BCUT2D eigenvalue weighted by molar-refractivity contribution is -0.733. The Hall–Kier alpha value is -0.840. The van der Waals surface area contributed by atoms with Crippen LogP contribution in [0.4, 0.5) is 0 Å². The molecule has 0 aliphatic carbocycles. The molecule has 4 nitrogen and oxygen atoms in total. The molecule has 0 aromatic carbocycles. The van der Waals surface area contributed by atoms with E-state index in [-0.39, 0.29) is 0 Å². The summed E-state index contributed by atoms with van der Waals surface area (Å²) in [6.45, 7) is 0. The minimum absolute atomic E-state index is 0.402. The predicted octanol–water partition coefficient (Wildman–Crippen LogP) is 0.0316. The second-order valence-corrected chi connectivity index (χ2v) is 2.77. The van der Waals surface area contributed by atoms with E-state index >= 15 is 0 Å². The van der Waals surface area contributed by atoms with Crippen molar-refractivity contribution < 1.29 is 9.42 Å². The summed E-state index contributed by atoms with van der Waals surface area (Å²) in [5.41, 5.74) is 0. The summed E-state index contributed by atoms with van der Waals surface area (Å²) in [4.78, 5) is 4.08. The molecule has 11 heavy (non-hydrogen) atoms. The summed E-state index contributed by atoms with van der Waals surface area (Å²) in [6.07, 6.45) is 3.80. The Balaban J connectivity index is 3.02.